The van der Waals surface area contributed by atoms with Crippen LogP contribution in [0, 0.1) is 0 Å². The number of thiocarbonyl (C=S) groups is 1. The minimum absolute atomic E-state index is 0.188. The summed E-state index contributed by atoms with van der Waals surface area (Å²) < 4.78 is 6.60. The van der Waals surface area contributed by atoms with Gasteiger partial charge in [0.2, 0.25) is 0 Å². The van der Waals surface area contributed by atoms with Gasteiger partial charge < -0.3 is 10.1 Å². The van der Waals surface area contributed by atoms with Crippen molar-refractivity contribution in [1.82, 2.24) is 10.3 Å². The molecule has 0 radical (unpaired) electrons. The number of nitrogens with zero attached hydrogens (tertiary/aromatic N) is 1. The van der Waals surface area contributed by atoms with Crippen LogP contribution in [-0.2, 0) is 11.2 Å². The number of rotatable bonds is 6. The first-order chi connectivity index (χ1) is 15.1. The fourth-order valence-corrected chi connectivity index (χ4v) is 4.33. The summed E-state index contributed by atoms with van der Waals surface area (Å²) in [6.45, 7) is -0.188. The van der Waals surface area contributed by atoms with Crippen LogP contribution in [0.1, 0.15) is 10.6 Å². The summed E-state index contributed by atoms with van der Waals surface area (Å²) in [6, 6.07) is 23.0. The number of halogens is 1. The number of aromatic nitrogens is 1. The normalized spacial score (nSPS) is 10.6. The van der Waals surface area contributed by atoms with E-state index >= 15 is 0 Å². The summed E-state index contributed by atoms with van der Waals surface area (Å²) in [5, 5.41) is 7.31. The molecule has 1 heterocycles. The maximum Gasteiger partial charge on any atom is 0.264 e. The third-order valence-corrected chi connectivity index (χ3v) is 5.91. The standard InChI is InChI=1S/C23H18ClN3O2S2/c24-17-5-1-3-7-19(17)29-14-21(28)27-23(30)25-16-11-9-15(10-12-16)13-22-26-18-6-2-4-8-20(18)31-22/h1-12H,13-14H2,(H2,25,27,28,30). The Morgan fingerprint density at radius 1 is 1.03 bits per heavy atom. The molecule has 0 aliphatic heterocycles. The number of para-hydroxylation sites is 2. The molecule has 4 aromatic rings. The van der Waals surface area contributed by atoms with Gasteiger partial charge in [0.25, 0.3) is 5.91 Å². The second-order valence-corrected chi connectivity index (χ2v) is 8.60. The number of carbonyl (C=O) groups excluding carboxylic acids is 1. The smallest absolute Gasteiger partial charge is 0.264 e. The van der Waals surface area contributed by atoms with Gasteiger partial charge in [0.15, 0.2) is 11.7 Å². The van der Waals surface area contributed by atoms with Gasteiger partial charge in [-0.1, -0.05) is 48.0 Å². The van der Waals surface area contributed by atoms with Crippen molar-refractivity contribution in [3.8, 4) is 5.75 Å². The molecule has 8 heteroatoms. The van der Waals surface area contributed by atoms with Crippen molar-refractivity contribution in [2.45, 2.75) is 6.42 Å². The van der Waals surface area contributed by atoms with Crippen molar-refractivity contribution in [1.29, 1.82) is 0 Å². The molecule has 0 aliphatic rings. The molecule has 31 heavy (non-hydrogen) atoms. The number of benzene rings is 3. The largest absolute Gasteiger partial charge is 0.482 e. The monoisotopic (exact) mass is 467 g/mol. The van der Waals surface area contributed by atoms with E-state index in [2.05, 4.69) is 21.7 Å². The van der Waals surface area contributed by atoms with Crippen LogP contribution in [0.15, 0.2) is 72.8 Å². The summed E-state index contributed by atoms with van der Waals surface area (Å²) in [7, 11) is 0. The van der Waals surface area contributed by atoms with Crippen LogP contribution in [-0.4, -0.2) is 22.6 Å². The first-order valence-corrected chi connectivity index (χ1v) is 11.1. The number of carbonyl (C=O) groups is 1. The molecule has 0 saturated carbocycles. The summed E-state index contributed by atoms with van der Waals surface area (Å²) in [4.78, 5) is 16.7. The van der Waals surface area contributed by atoms with Gasteiger partial charge >= 0.3 is 0 Å². The van der Waals surface area contributed by atoms with Crippen LogP contribution in [0.3, 0.4) is 0 Å². The molecule has 0 saturated heterocycles. The van der Waals surface area contributed by atoms with Crippen LogP contribution in [0.25, 0.3) is 10.2 Å². The van der Waals surface area contributed by atoms with Gasteiger partial charge in [-0.2, -0.15) is 0 Å². The van der Waals surface area contributed by atoms with E-state index in [1.165, 1.54) is 4.70 Å². The predicted molar refractivity (Wildman–Crippen MR) is 130 cm³/mol. The molecule has 1 aromatic heterocycles. The maximum atomic E-state index is 12.0. The highest BCUT2D eigenvalue weighted by molar-refractivity contribution is 7.80. The van der Waals surface area contributed by atoms with Crippen molar-refractivity contribution < 1.29 is 9.53 Å². The van der Waals surface area contributed by atoms with E-state index in [1.54, 1.807) is 35.6 Å². The van der Waals surface area contributed by atoms with Gasteiger partial charge in [0.05, 0.1) is 20.2 Å². The minimum atomic E-state index is -0.370. The van der Waals surface area contributed by atoms with E-state index in [0.29, 0.717) is 10.8 Å². The lowest BCUT2D eigenvalue weighted by molar-refractivity contribution is -0.121. The summed E-state index contributed by atoms with van der Waals surface area (Å²) >= 11 is 12.9. The number of ether oxygens (including phenoxy) is 1. The Labute approximate surface area is 194 Å². The van der Waals surface area contributed by atoms with Crippen molar-refractivity contribution in [3.05, 3.63) is 88.4 Å². The number of nitrogens with one attached hydrogen (secondary N) is 2. The van der Waals surface area contributed by atoms with Crippen LogP contribution >= 0.6 is 35.2 Å². The molecule has 156 valence electrons. The average molecular weight is 468 g/mol. The van der Waals surface area contributed by atoms with Gasteiger partial charge in [0, 0.05) is 12.1 Å². The Morgan fingerprint density at radius 2 is 1.77 bits per heavy atom. The molecular weight excluding hydrogens is 450 g/mol. The fraction of sp³-hybridized carbons (Fsp3) is 0.0870. The first-order valence-electron chi connectivity index (χ1n) is 9.48. The number of hydrogen-bond acceptors (Lipinski definition) is 5. The molecular formula is C23H18ClN3O2S2. The van der Waals surface area contributed by atoms with Gasteiger partial charge in [-0.25, -0.2) is 4.98 Å². The molecule has 0 fully saturated rings. The van der Waals surface area contributed by atoms with E-state index in [1.807, 2.05) is 42.5 Å². The lowest BCUT2D eigenvalue weighted by Crippen LogP contribution is -2.37. The highest BCUT2D eigenvalue weighted by atomic mass is 35.5. The van der Waals surface area contributed by atoms with Gasteiger partial charge in [-0.3, -0.25) is 10.1 Å². The number of thiazole rings is 1. The molecule has 1 amide bonds. The SMILES string of the molecule is O=C(COc1ccccc1Cl)NC(=S)Nc1ccc(Cc2nc3ccccc3s2)cc1. The second kappa shape index (κ2) is 9.87. The third-order valence-electron chi connectivity index (χ3n) is 4.35. The fourth-order valence-electron chi connectivity index (χ4n) is 2.91. The van der Waals surface area contributed by atoms with Crippen molar-refractivity contribution in [2.24, 2.45) is 0 Å². The zero-order chi connectivity index (χ0) is 21.6. The van der Waals surface area contributed by atoms with Crippen molar-refractivity contribution in [2.75, 3.05) is 11.9 Å². The molecule has 0 bridgehead atoms. The summed E-state index contributed by atoms with van der Waals surface area (Å²) in [5.74, 6) is 0.0757. The predicted octanol–water partition coefficient (Wildman–Crippen LogP) is 5.43. The maximum absolute atomic E-state index is 12.0. The van der Waals surface area contributed by atoms with Gasteiger partial charge in [0.1, 0.15) is 5.75 Å². The molecule has 5 nitrogen and oxygen atoms in total. The number of hydrogen-bond donors (Lipinski definition) is 2. The van der Waals surface area contributed by atoms with Crippen molar-refractivity contribution >= 4 is 62.1 Å². The van der Waals surface area contributed by atoms with Crippen LogP contribution in [0.4, 0.5) is 5.69 Å². The van der Waals surface area contributed by atoms with E-state index < -0.39 is 0 Å². The number of fused-ring (bicyclic) bond motifs is 1. The first kappa shape index (κ1) is 21.2. The number of amides is 1. The van der Waals surface area contributed by atoms with Crippen LogP contribution in [0.2, 0.25) is 5.02 Å². The lowest BCUT2D eigenvalue weighted by atomic mass is 10.1. The van der Waals surface area contributed by atoms with E-state index in [0.717, 1.165) is 28.2 Å². The van der Waals surface area contributed by atoms with Crippen LogP contribution in [0.5, 0.6) is 5.75 Å². The Balaban J connectivity index is 1.27. The molecule has 0 spiro atoms. The Hall–Kier alpha value is -3.00. The molecule has 3 aromatic carbocycles. The quantitative estimate of drug-likeness (QED) is 0.370. The molecule has 0 unspecified atom stereocenters. The minimum Gasteiger partial charge on any atom is -0.482 e. The highest BCUT2D eigenvalue weighted by Crippen LogP contribution is 2.24. The second-order valence-electron chi connectivity index (χ2n) is 6.67. The molecule has 0 aliphatic carbocycles. The van der Waals surface area contributed by atoms with E-state index in [4.69, 9.17) is 28.6 Å². The zero-order valence-electron chi connectivity index (χ0n) is 16.3. The summed E-state index contributed by atoms with van der Waals surface area (Å²) in [6.07, 6.45) is 0.764. The Bertz CT molecular complexity index is 1190. The van der Waals surface area contributed by atoms with Gasteiger partial charge in [-0.05, 0) is 54.2 Å². The Morgan fingerprint density at radius 3 is 2.55 bits per heavy atom. The number of anilines is 1. The molecule has 0 atom stereocenters. The van der Waals surface area contributed by atoms with Crippen molar-refractivity contribution in [3.63, 3.8) is 0 Å². The lowest BCUT2D eigenvalue weighted by Gasteiger charge is -2.11. The average Bonchev–Trinajstić information content (AvgIpc) is 3.17. The topological polar surface area (TPSA) is 63.2 Å². The van der Waals surface area contributed by atoms with Gasteiger partial charge in [-0.15, -0.1) is 11.3 Å². The molecule has 2 N–H and O–H groups in total. The van der Waals surface area contributed by atoms with Crippen LogP contribution < -0.4 is 15.4 Å². The van der Waals surface area contributed by atoms with E-state index in [9.17, 15) is 4.79 Å². The third kappa shape index (κ3) is 5.79. The van der Waals surface area contributed by atoms with E-state index in [-0.39, 0.29) is 17.6 Å². The summed E-state index contributed by atoms with van der Waals surface area (Å²) in [5.41, 5.74) is 2.96. The molecule has 4 rings (SSSR count). The highest BCUT2D eigenvalue weighted by Gasteiger charge is 2.08. The zero-order valence-corrected chi connectivity index (χ0v) is 18.7. The Kier molecular flexibility index (Phi) is 6.76.